The number of guanidine groups is 1. The van der Waals surface area contributed by atoms with Crippen LogP contribution in [0.25, 0.3) is 0 Å². The molecule has 1 atom stereocenters. The Morgan fingerprint density at radius 1 is 1.27 bits per heavy atom. The maximum Gasteiger partial charge on any atom is 0.191 e. The second-order valence-electron chi connectivity index (χ2n) is 6.04. The first-order valence-electron chi connectivity index (χ1n) is 9.16. The Bertz CT molecular complexity index is 508. The van der Waals surface area contributed by atoms with E-state index in [0.29, 0.717) is 11.9 Å². The van der Waals surface area contributed by atoms with E-state index >= 15 is 0 Å². The quantitative estimate of drug-likeness (QED) is 0.226. The predicted octanol–water partition coefficient (Wildman–Crippen LogP) is 3.67. The molecule has 1 aromatic carbocycles. The van der Waals surface area contributed by atoms with Crippen molar-refractivity contribution in [1.29, 1.82) is 0 Å². The summed E-state index contributed by atoms with van der Waals surface area (Å²) in [7, 11) is 1.68. The van der Waals surface area contributed by atoms with Crippen LogP contribution in [-0.4, -0.2) is 50.3 Å². The van der Waals surface area contributed by atoms with Crippen LogP contribution >= 0.6 is 35.7 Å². The number of benzene rings is 1. The molecule has 0 aliphatic carbocycles. The van der Waals surface area contributed by atoms with Crippen LogP contribution < -0.4 is 15.4 Å². The molecule has 0 aromatic heterocycles. The summed E-state index contributed by atoms with van der Waals surface area (Å²) in [6, 6.07) is 7.99. The number of rotatable bonds is 10. The molecule has 1 aliphatic heterocycles. The van der Waals surface area contributed by atoms with Gasteiger partial charge in [0.1, 0.15) is 5.75 Å². The van der Waals surface area contributed by atoms with E-state index in [1.807, 2.05) is 36.0 Å². The third-order valence-corrected chi connectivity index (χ3v) is 5.39. The summed E-state index contributed by atoms with van der Waals surface area (Å²) in [6.07, 6.45) is 3.59. The van der Waals surface area contributed by atoms with Crippen LogP contribution in [0.15, 0.2) is 29.3 Å². The van der Waals surface area contributed by atoms with Gasteiger partial charge in [0.05, 0.1) is 20.3 Å². The van der Waals surface area contributed by atoms with E-state index < -0.39 is 0 Å². The zero-order valence-electron chi connectivity index (χ0n) is 15.8. The maximum atomic E-state index is 5.73. The second-order valence-corrected chi connectivity index (χ2v) is 7.44. The van der Waals surface area contributed by atoms with Crippen LogP contribution in [0.2, 0.25) is 0 Å². The number of hydrogen-bond donors (Lipinski definition) is 2. The van der Waals surface area contributed by atoms with Crippen LogP contribution in [0, 0.1) is 0 Å². The molecule has 1 saturated heterocycles. The molecule has 2 N–H and O–H groups in total. The molecule has 1 fully saturated rings. The highest BCUT2D eigenvalue weighted by molar-refractivity contribution is 14.0. The molecular weight excluding hydrogens is 461 g/mol. The smallest absolute Gasteiger partial charge is 0.191 e. The lowest BCUT2D eigenvalue weighted by molar-refractivity contribution is 0.119. The first kappa shape index (κ1) is 23.4. The molecule has 0 radical (unpaired) electrons. The van der Waals surface area contributed by atoms with Crippen molar-refractivity contribution in [3.8, 4) is 5.75 Å². The van der Waals surface area contributed by atoms with Crippen molar-refractivity contribution in [1.82, 2.24) is 10.6 Å². The van der Waals surface area contributed by atoms with E-state index in [4.69, 9.17) is 14.5 Å². The summed E-state index contributed by atoms with van der Waals surface area (Å²) >= 11 is 2.05. The van der Waals surface area contributed by atoms with E-state index in [9.17, 15) is 0 Å². The van der Waals surface area contributed by atoms with Gasteiger partial charge in [-0.05, 0) is 49.6 Å². The van der Waals surface area contributed by atoms with Crippen molar-refractivity contribution in [2.75, 3.05) is 39.1 Å². The monoisotopic (exact) mass is 493 g/mol. The van der Waals surface area contributed by atoms with Gasteiger partial charge in [0, 0.05) is 24.9 Å². The predicted molar refractivity (Wildman–Crippen MR) is 122 cm³/mol. The van der Waals surface area contributed by atoms with E-state index in [0.717, 1.165) is 49.9 Å². The summed E-state index contributed by atoms with van der Waals surface area (Å²) in [5, 5.41) is 7.40. The fraction of sp³-hybridized carbons (Fsp3) is 0.632. The Morgan fingerprint density at radius 2 is 2.08 bits per heavy atom. The number of nitrogens with zero attached hydrogens (tertiary/aromatic N) is 1. The first-order valence-corrected chi connectivity index (χ1v) is 10.2. The summed E-state index contributed by atoms with van der Waals surface area (Å²) < 4.78 is 10.9. The highest BCUT2D eigenvalue weighted by Crippen LogP contribution is 2.25. The van der Waals surface area contributed by atoms with Crippen LogP contribution in [0.4, 0.5) is 0 Å². The van der Waals surface area contributed by atoms with E-state index in [1.54, 1.807) is 7.11 Å². The number of ether oxygens (including phenoxy) is 2. The Labute approximate surface area is 179 Å². The molecule has 148 valence electrons. The van der Waals surface area contributed by atoms with Gasteiger partial charge in [0.2, 0.25) is 0 Å². The molecule has 0 bridgehead atoms. The fourth-order valence-corrected chi connectivity index (χ4v) is 3.80. The lowest BCUT2D eigenvalue weighted by Gasteiger charge is -2.13. The third kappa shape index (κ3) is 9.32. The van der Waals surface area contributed by atoms with Gasteiger partial charge in [0.25, 0.3) is 0 Å². The van der Waals surface area contributed by atoms with Gasteiger partial charge in [-0.25, -0.2) is 0 Å². The van der Waals surface area contributed by atoms with Crippen molar-refractivity contribution in [3.05, 3.63) is 29.8 Å². The van der Waals surface area contributed by atoms with Crippen LogP contribution in [-0.2, 0) is 11.3 Å². The number of nitrogens with one attached hydrogen (secondary N) is 2. The van der Waals surface area contributed by atoms with Crippen molar-refractivity contribution < 1.29 is 9.47 Å². The van der Waals surface area contributed by atoms with Gasteiger partial charge in [-0.2, -0.15) is 11.8 Å². The topological polar surface area (TPSA) is 54.9 Å². The van der Waals surface area contributed by atoms with Gasteiger partial charge in [0.15, 0.2) is 5.96 Å². The van der Waals surface area contributed by atoms with Crippen molar-refractivity contribution in [2.24, 2.45) is 4.99 Å². The minimum atomic E-state index is 0. The molecule has 0 amide bonds. The van der Waals surface area contributed by atoms with Crippen molar-refractivity contribution in [2.45, 2.75) is 38.0 Å². The summed E-state index contributed by atoms with van der Waals surface area (Å²) in [5.74, 6) is 3.08. The van der Waals surface area contributed by atoms with Gasteiger partial charge < -0.3 is 20.1 Å². The molecule has 1 unspecified atom stereocenters. The minimum absolute atomic E-state index is 0. The normalized spacial score (nSPS) is 16.8. The van der Waals surface area contributed by atoms with Crippen LogP contribution in [0.1, 0.15) is 31.7 Å². The van der Waals surface area contributed by atoms with Gasteiger partial charge >= 0.3 is 0 Å². The second kappa shape index (κ2) is 14.4. The largest absolute Gasteiger partial charge is 0.497 e. The summed E-state index contributed by atoms with van der Waals surface area (Å²) in [4.78, 5) is 4.70. The molecule has 0 saturated carbocycles. The van der Waals surface area contributed by atoms with E-state index in [-0.39, 0.29) is 24.0 Å². The zero-order valence-corrected chi connectivity index (χ0v) is 19.0. The fourth-order valence-electron chi connectivity index (χ4n) is 2.62. The molecule has 5 nitrogen and oxygen atoms in total. The highest BCUT2D eigenvalue weighted by Gasteiger charge is 2.14. The molecule has 7 heteroatoms. The molecule has 2 rings (SSSR count). The van der Waals surface area contributed by atoms with Crippen LogP contribution in [0.5, 0.6) is 5.75 Å². The molecule has 26 heavy (non-hydrogen) atoms. The number of methoxy groups -OCH3 is 1. The average Bonchev–Trinajstić information content (AvgIpc) is 3.16. The lowest BCUT2D eigenvalue weighted by atomic mass is 10.2. The Hall–Kier alpha value is -0.670. The Kier molecular flexibility index (Phi) is 12.9. The molecule has 1 heterocycles. The zero-order chi connectivity index (χ0) is 17.7. The van der Waals surface area contributed by atoms with E-state index in [2.05, 4.69) is 17.6 Å². The molecule has 1 aromatic rings. The third-order valence-electron chi connectivity index (χ3n) is 4.01. The minimum Gasteiger partial charge on any atom is -0.497 e. The lowest BCUT2D eigenvalue weighted by Crippen LogP contribution is -2.38. The van der Waals surface area contributed by atoms with E-state index in [1.165, 1.54) is 18.6 Å². The summed E-state index contributed by atoms with van der Waals surface area (Å²) in [6.45, 7) is 6.13. The van der Waals surface area contributed by atoms with Crippen molar-refractivity contribution >= 4 is 41.7 Å². The van der Waals surface area contributed by atoms with Crippen molar-refractivity contribution in [3.63, 3.8) is 0 Å². The molecule has 0 spiro atoms. The van der Waals surface area contributed by atoms with Gasteiger partial charge in [-0.1, -0.05) is 12.1 Å². The number of halogens is 1. The molecular formula is C19H32IN3O2S. The standard InChI is InChI=1S/C19H31N3O2S.HI/c1-3-20-19(22-14-18-6-4-13-25-18)21-11-5-12-24-15-16-7-9-17(23-2)10-8-16;/h7-10,18H,3-6,11-15H2,1-2H3,(H2,20,21,22);1H. The van der Waals surface area contributed by atoms with Gasteiger partial charge in [-0.3, -0.25) is 4.99 Å². The first-order chi connectivity index (χ1) is 12.3. The van der Waals surface area contributed by atoms with Gasteiger partial charge in [-0.15, -0.1) is 24.0 Å². The number of thioether (sulfide) groups is 1. The highest BCUT2D eigenvalue weighted by atomic mass is 127. The molecule has 1 aliphatic rings. The maximum absolute atomic E-state index is 5.73. The number of aliphatic imine (C=N–C) groups is 1. The summed E-state index contributed by atoms with van der Waals surface area (Å²) in [5.41, 5.74) is 1.16. The van der Waals surface area contributed by atoms with Crippen LogP contribution in [0.3, 0.4) is 0 Å². The Balaban J connectivity index is 0.00000338. The Morgan fingerprint density at radius 3 is 2.73 bits per heavy atom. The average molecular weight is 493 g/mol. The number of hydrogen-bond acceptors (Lipinski definition) is 4. The SMILES string of the molecule is CCNC(=NCC1CCCS1)NCCCOCc1ccc(OC)cc1.I.